The van der Waals surface area contributed by atoms with E-state index in [0.717, 1.165) is 30.4 Å². The first-order valence-electron chi connectivity index (χ1n) is 4.52. The fourth-order valence-corrected chi connectivity index (χ4v) is 1.31. The standard InChI is InChI=1S/C11H16O/c1-8(2)4-6-10-7-5-9(3)11(10)12/h6,8H,3-5,7H2,1-2H3/b10-6+. The fourth-order valence-electron chi connectivity index (χ4n) is 1.31. The van der Waals surface area contributed by atoms with Gasteiger partial charge >= 0.3 is 0 Å². The van der Waals surface area contributed by atoms with Gasteiger partial charge in [0, 0.05) is 0 Å². The third-order valence-electron chi connectivity index (χ3n) is 2.14. The van der Waals surface area contributed by atoms with Crippen molar-refractivity contribution in [1.82, 2.24) is 0 Å². The molecule has 0 saturated heterocycles. The summed E-state index contributed by atoms with van der Waals surface area (Å²) in [6, 6.07) is 0. The van der Waals surface area contributed by atoms with Crippen LogP contribution >= 0.6 is 0 Å². The minimum absolute atomic E-state index is 0.190. The second-order valence-corrected chi connectivity index (χ2v) is 3.79. The Bertz CT molecular complexity index is 233. The van der Waals surface area contributed by atoms with Crippen LogP contribution in [0.1, 0.15) is 33.1 Å². The van der Waals surface area contributed by atoms with E-state index in [1.807, 2.05) is 0 Å². The van der Waals surface area contributed by atoms with Crippen molar-refractivity contribution in [3.8, 4) is 0 Å². The molecule has 0 aromatic heterocycles. The first kappa shape index (κ1) is 9.24. The molecule has 1 aliphatic rings. The van der Waals surface area contributed by atoms with Gasteiger partial charge in [0.05, 0.1) is 0 Å². The van der Waals surface area contributed by atoms with Crippen molar-refractivity contribution >= 4 is 5.78 Å². The molecule has 0 heterocycles. The van der Waals surface area contributed by atoms with Crippen LogP contribution in [0.4, 0.5) is 0 Å². The van der Waals surface area contributed by atoms with E-state index in [0.29, 0.717) is 5.92 Å². The van der Waals surface area contributed by atoms with Crippen LogP contribution in [0.2, 0.25) is 0 Å². The van der Waals surface area contributed by atoms with Crippen molar-refractivity contribution < 1.29 is 4.79 Å². The Morgan fingerprint density at radius 2 is 2.17 bits per heavy atom. The molecule has 0 spiro atoms. The number of rotatable bonds is 2. The van der Waals surface area contributed by atoms with Crippen LogP contribution in [0.3, 0.4) is 0 Å². The van der Waals surface area contributed by atoms with E-state index in [4.69, 9.17) is 0 Å². The van der Waals surface area contributed by atoms with Crippen LogP contribution in [0.25, 0.3) is 0 Å². The summed E-state index contributed by atoms with van der Waals surface area (Å²) in [4.78, 5) is 11.4. The van der Waals surface area contributed by atoms with Crippen molar-refractivity contribution in [3.63, 3.8) is 0 Å². The predicted molar refractivity (Wildman–Crippen MR) is 50.9 cm³/mol. The lowest BCUT2D eigenvalue weighted by Gasteiger charge is -1.98. The average molecular weight is 164 g/mol. The number of allylic oxidation sites excluding steroid dienone is 3. The quantitative estimate of drug-likeness (QED) is 0.573. The molecule has 1 rings (SSSR count). The van der Waals surface area contributed by atoms with Crippen LogP contribution in [-0.2, 0) is 4.79 Å². The van der Waals surface area contributed by atoms with Gasteiger partial charge in [0.25, 0.3) is 0 Å². The van der Waals surface area contributed by atoms with Gasteiger partial charge < -0.3 is 0 Å². The van der Waals surface area contributed by atoms with Crippen molar-refractivity contribution in [3.05, 3.63) is 23.8 Å². The number of carbonyl (C=O) groups is 1. The minimum atomic E-state index is 0.190. The predicted octanol–water partition coefficient (Wildman–Crippen LogP) is 2.88. The molecule has 12 heavy (non-hydrogen) atoms. The van der Waals surface area contributed by atoms with Crippen LogP contribution in [0.5, 0.6) is 0 Å². The third-order valence-corrected chi connectivity index (χ3v) is 2.14. The molecule has 0 amide bonds. The van der Waals surface area contributed by atoms with Crippen LogP contribution in [0.15, 0.2) is 23.8 Å². The van der Waals surface area contributed by atoms with Gasteiger partial charge in [0.1, 0.15) is 0 Å². The zero-order valence-electron chi connectivity index (χ0n) is 7.89. The maximum absolute atomic E-state index is 11.4. The number of ketones is 1. The summed E-state index contributed by atoms with van der Waals surface area (Å²) in [6.45, 7) is 8.04. The van der Waals surface area contributed by atoms with E-state index >= 15 is 0 Å². The molecule has 1 fully saturated rings. The van der Waals surface area contributed by atoms with Gasteiger partial charge in [0.2, 0.25) is 0 Å². The molecule has 0 aromatic carbocycles. The Morgan fingerprint density at radius 3 is 2.58 bits per heavy atom. The highest BCUT2D eigenvalue weighted by Gasteiger charge is 2.20. The Labute approximate surface area is 74.2 Å². The molecule has 0 unspecified atom stereocenters. The highest BCUT2D eigenvalue weighted by molar-refractivity contribution is 6.10. The van der Waals surface area contributed by atoms with Gasteiger partial charge in [-0.3, -0.25) is 4.79 Å². The van der Waals surface area contributed by atoms with Crippen LogP contribution in [0, 0.1) is 5.92 Å². The molecular formula is C11H16O. The smallest absolute Gasteiger partial charge is 0.184 e. The SMILES string of the molecule is C=C1CC/C(=C\CC(C)C)C1=O. The van der Waals surface area contributed by atoms with Gasteiger partial charge in [-0.25, -0.2) is 0 Å². The molecule has 1 heteroatoms. The lowest BCUT2D eigenvalue weighted by atomic mass is 10.1. The average Bonchev–Trinajstić information content (AvgIpc) is 2.30. The van der Waals surface area contributed by atoms with E-state index in [9.17, 15) is 4.79 Å². The molecule has 0 aromatic rings. The van der Waals surface area contributed by atoms with E-state index in [1.54, 1.807) is 0 Å². The lowest BCUT2D eigenvalue weighted by molar-refractivity contribution is -0.111. The largest absolute Gasteiger partial charge is 0.289 e. The normalized spacial score (nSPS) is 21.4. The van der Waals surface area contributed by atoms with E-state index < -0.39 is 0 Å². The van der Waals surface area contributed by atoms with Crippen molar-refractivity contribution in [2.45, 2.75) is 33.1 Å². The fraction of sp³-hybridized carbons (Fsp3) is 0.545. The first-order valence-corrected chi connectivity index (χ1v) is 4.52. The summed E-state index contributed by atoms with van der Waals surface area (Å²) >= 11 is 0. The van der Waals surface area contributed by atoms with Gasteiger partial charge in [0.15, 0.2) is 5.78 Å². The summed E-state index contributed by atoms with van der Waals surface area (Å²) in [5.74, 6) is 0.829. The Hall–Kier alpha value is -0.850. The van der Waals surface area contributed by atoms with E-state index in [1.165, 1.54) is 0 Å². The summed E-state index contributed by atoms with van der Waals surface area (Å²) in [7, 11) is 0. The zero-order chi connectivity index (χ0) is 9.14. The highest BCUT2D eigenvalue weighted by atomic mass is 16.1. The molecule has 0 aliphatic heterocycles. The van der Waals surface area contributed by atoms with Crippen molar-refractivity contribution in [1.29, 1.82) is 0 Å². The Balaban J connectivity index is 2.59. The van der Waals surface area contributed by atoms with E-state index in [2.05, 4.69) is 26.5 Å². The second kappa shape index (κ2) is 3.70. The molecule has 1 saturated carbocycles. The number of hydrogen-bond acceptors (Lipinski definition) is 1. The second-order valence-electron chi connectivity index (χ2n) is 3.79. The van der Waals surface area contributed by atoms with Gasteiger partial charge in [-0.05, 0) is 36.3 Å². The third kappa shape index (κ3) is 2.07. The molecule has 0 radical (unpaired) electrons. The maximum atomic E-state index is 11.4. The monoisotopic (exact) mass is 164 g/mol. The van der Waals surface area contributed by atoms with Gasteiger partial charge in [-0.15, -0.1) is 0 Å². The van der Waals surface area contributed by atoms with Crippen LogP contribution < -0.4 is 0 Å². The summed E-state index contributed by atoms with van der Waals surface area (Å²) in [5, 5.41) is 0. The lowest BCUT2D eigenvalue weighted by Crippen LogP contribution is -1.95. The molecule has 66 valence electrons. The van der Waals surface area contributed by atoms with Crippen LogP contribution in [-0.4, -0.2) is 5.78 Å². The van der Waals surface area contributed by atoms with Crippen molar-refractivity contribution in [2.24, 2.45) is 5.92 Å². The Morgan fingerprint density at radius 1 is 1.50 bits per heavy atom. The molecule has 1 nitrogen and oxygen atoms in total. The molecule has 0 bridgehead atoms. The number of carbonyl (C=O) groups excluding carboxylic acids is 1. The molecule has 0 N–H and O–H groups in total. The zero-order valence-corrected chi connectivity index (χ0v) is 7.89. The van der Waals surface area contributed by atoms with E-state index in [-0.39, 0.29) is 5.78 Å². The first-order chi connectivity index (χ1) is 5.61. The Kier molecular flexibility index (Phi) is 2.85. The minimum Gasteiger partial charge on any atom is -0.289 e. The highest BCUT2D eigenvalue weighted by Crippen LogP contribution is 2.25. The summed E-state index contributed by atoms with van der Waals surface area (Å²) in [5.41, 5.74) is 1.76. The molecule has 1 aliphatic carbocycles. The molecular weight excluding hydrogens is 148 g/mol. The summed E-state index contributed by atoms with van der Waals surface area (Å²) < 4.78 is 0. The summed E-state index contributed by atoms with van der Waals surface area (Å²) in [6.07, 6.45) is 4.85. The molecule has 0 atom stereocenters. The van der Waals surface area contributed by atoms with Crippen molar-refractivity contribution in [2.75, 3.05) is 0 Å². The maximum Gasteiger partial charge on any atom is 0.184 e. The number of Topliss-reactive ketones (excluding diaryl/α,β-unsaturated/α-hetero) is 1. The number of hydrogen-bond donors (Lipinski definition) is 0. The van der Waals surface area contributed by atoms with Gasteiger partial charge in [-0.2, -0.15) is 0 Å². The van der Waals surface area contributed by atoms with Gasteiger partial charge in [-0.1, -0.05) is 26.5 Å². The topological polar surface area (TPSA) is 17.1 Å².